The second kappa shape index (κ2) is 8.20. The van der Waals surface area contributed by atoms with Crippen molar-refractivity contribution in [2.24, 2.45) is 0 Å². The number of imidazole rings is 1. The highest BCUT2D eigenvalue weighted by Crippen LogP contribution is 2.38. The van der Waals surface area contributed by atoms with E-state index in [1.165, 1.54) is 0 Å². The van der Waals surface area contributed by atoms with Gasteiger partial charge < -0.3 is 19.4 Å². The number of ether oxygens (including phenoxy) is 2. The predicted molar refractivity (Wildman–Crippen MR) is 132 cm³/mol. The lowest BCUT2D eigenvalue weighted by Crippen LogP contribution is -1.87. The van der Waals surface area contributed by atoms with Gasteiger partial charge in [-0.25, -0.2) is 4.98 Å². The van der Waals surface area contributed by atoms with Gasteiger partial charge in [-0.2, -0.15) is 0 Å². The summed E-state index contributed by atoms with van der Waals surface area (Å²) >= 11 is 3.60. The van der Waals surface area contributed by atoms with Gasteiger partial charge in [-0.15, -0.1) is 0 Å². The number of rotatable bonds is 5. The Labute approximate surface area is 194 Å². The van der Waals surface area contributed by atoms with Crippen molar-refractivity contribution in [3.63, 3.8) is 0 Å². The Morgan fingerprint density at radius 1 is 0.781 bits per heavy atom. The molecule has 0 saturated heterocycles. The van der Waals surface area contributed by atoms with Gasteiger partial charge in [0.1, 0.15) is 17.3 Å². The van der Waals surface area contributed by atoms with Crippen molar-refractivity contribution in [1.82, 2.24) is 15.0 Å². The number of aromatic amines is 2. The van der Waals surface area contributed by atoms with E-state index in [2.05, 4.69) is 45.0 Å². The summed E-state index contributed by atoms with van der Waals surface area (Å²) in [5.74, 6) is 2.45. The third-order valence-electron chi connectivity index (χ3n) is 5.63. The van der Waals surface area contributed by atoms with Gasteiger partial charge in [-0.1, -0.05) is 15.9 Å². The highest BCUT2D eigenvalue weighted by molar-refractivity contribution is 9.10. The number of hydrogen-bond donors (Lipinski definition) is 2. The Kier molecular flexibility index (Phi) is 5.23. The molecular weight excluding hydrogens is 466 g/mol. The summed E-state index contributed by atoms with van der Waals surface area (Å²) in [6, 6.07) is 22.2. The molecule has 160 valence electrons. The first-order valence-corrected chi connectivity index (χ1v) is 11.0. The smallest absolute Gasteiger partial charge is 0.140 e. The first kappa shape index (κ1) is 20.4. The van der Waals surface area contributed by atoms with Crippen LogP contribution in [-0.4, -0.2) is 29.2 Å². The van der Waals surface area contributed by atoms with Gasteiger partial charge in [-0.3, -0.25) is 0 Å². The molecule has 3 aromatic carbocycles. The molecule has 0 spiro atoms. The number of benzene rings is 3. The van der Waals surface area contributed by atoms with Gasteiger partial charge in [0.25, 0.3) is 0 Å². The van der Waals surface area contributed by atoms with Crippen molar-refractivity contribution >= 4 is 26.8 Å². The van der Waals surface area contributed by atoms with Crippen LogP contribution in [0.15, 0.2) is 71.2 Å². The number of halogens is 1. The molecule has 0 aliphatic heterocycles. The molecule has 0 saturated carbocycles. The molecule has 2 aromatic heterocycles. The Bertz CT molecular complexity index is 1340. The van der Waals surface area contributed by atoms with E-state index >= 15 is 0 Å². The zero-order valence-corrected chi connectivity index (χ0v) is 19.6. The lowest BCUT2D eigenvalue weighted by Gasteiger charge is -2.06. The number of aryl methyl sites for hydroxylation is 1. The molecule has 0 aliphatic rings. The minimum absolute atomic E-state index is 0.813. The molecule has 2 N–H and O–H groups in total. The van der Waals surface area contributed by atoms with Crippen molar-refractivity contribution in [2.75, 3.05) is 14.2 Å². The molecule has 0 aliphatic carbocycles. The fourth-order valence-corrected chi connectivity index (χ4v) is 4.38. The lowest BCUT2D eigenvalue weighted by atomic mass is 10.0. The largest absolute Gasteiger partial charge is 0.497 e. The molecule has 0 unspecified atom stereocenters. The van der Waals surface area contributed by atoms with Crippen molar-refractivity contribution in [3.05, 3.63) is 76.9 Å². The quantitative estimate of drug-likeness (QED) is 0.281. The average Bonchev–Trinajstić information content (AvgIpc) is 3.39. The molecule has 6 heteroatoms. The molecule has 32 heavy (non-hydrogen) atoms. The molecular formula is C26H22BrN3O2. The van der Waals surface area contributed by atoms with Crippen LogP contribution in [0.3, 0.4) is 0 Å². The van der Waals surface area contributed by atoms with Gasteiger partial charge in [0.15, 0.2) is 0 Å². The Morgan fingerprint density at radius 3 is 2.03 bits per heavy atom. The summed E-state index contributed by atoms with van der Waals surface area (Å²) in [6.45, 7) is 2.08. The van der Waals surface area contributed by atoms with Crippen LogP contribution < -0.4 is 9.47 Å². The van der Waals surface area contributed by atoms with E-state index in [0.29, 0.717) is 0 Å². The topological polar surface area (TPSA) is 62.9 Å². The molecule has 5 rings (SSSR count). The molecule has 0 radical (unpaired) electrons. The molecule has 0 amide bonds. The summed E-state index contributed by atoms with van der Waals surface area (Å²) in [5.41, 5.74) is 7.10. The Hall–Kier alpha value is -3.51. The van der Waals surface area contributed by atoms with E-state index in [1.807, 2.05) is 54.6 Å². The van der Waals surface area contributed by atoms with Crippen LogP contribution in [0.4, 0.5) is 0 Å². The summed E-state index contributed by atoms with van der Waals surface area (Å²) in [7, 11) is 3.34. The molecule has 5 aromatic rings. The molecule has 0 fully saturated rings. The predicted octanol–water partition coefficient (Wildman–Crippen LogP) is 6.98. The molecule has 0 bridgehead atoms. The van der Waals surface area contributed by atoms with Gasteiger partial charge in [-0.05, 0) is 73.7 Å². The minimum atomic E-state index is 0.813. The van der Waals surface area contributed by atoms with E-state index < -0.39 is 0 Å². The fourth-order valence-electron chi connectivity index (χ4n) is 4.02. The summed E-state index contributed by atoms with van der Waals surface area (Å²) in [6.07, 6.45) is 0. The van der Waals surface area contributed by atoms with Crippen LogP contribution in [0.5, 0.6) is 11.5 Å². The first-order valence-electron chi connectivity index (χ1n) is 10.2. The number of H-pyrrole nitrogens is 2. The highest BCUT2D eigenvalue weighted by atomic mass is 79.9. The third-order valence-corrected chi connectivity index (χ3v) is 6.12. The third kappa shape index (κ3) is 3.56. The van der Waals surface area contributed by atoms with Crippen molar-refractivity contribution < 1.29 is 9.47 Å². The number of methoxy groups -OCH3 is 2. The van der Waals surface area contributed by atoms with E-state index in [0.717, 1.165) is 66.5 Å². The summed E-state index contributed by atoms with van der Waals surface area (Å²) in [4.78, 5) is 12.2. The monoisotopic (exact) mass is 487 g/mol. The lowest BCUT2D eigenvalue weighted by molar-refractivity contribution is 0.414. The molecule has 2 heterocycles. The summed E-state index contributed by atoms with van der Waals surface area (Å²) in [5, 5.41) is 1.12. The number of nitrogens with zero attached hydrogens (tertiary/aromatic N) is 1. The van der Waals surface area contributed by atoms with Crippen LogP contribution in [-0.2, 0) is 0 Å². The van der Waals surface area contributed by atoms with Crippen molar-refractivity contribution in [1.29, 1.82) is 0 Å². The maximum atomic E-state index is 5.34. The normalized spacial score (nSPS) is 11.1. The maximum Gasteiger partial charge on any atom is 0.140 e. The second-order valence-corrected chi connectivity index (χ2v) is 8.50. The van der Waals surface area contributed by atoms with Crippen molar-refractivity contribution in [2.45, 2.75) is 6.92 Å². The van der Waals surface area contributed by atoms with Crippen LogP contribution >= 0.6 is 15.9 Å². The van der Waals surface area contributed by atoms with Gasteiger partial charge in [0.2, 0.25) is 0 Å². The fraction of sp³-hybridized carbons (Fsp3) is 0.115. The minimum Gasteiger partial charge on any atom is -0.497 e. The molecule has 0 atom stereocenters. The van der Waals surface area contributed by atoms with Crippen LogP contribution in [0.2, 0.25) is 0 Å². The zero-order chi connectivity index (χ0) is 22.2. The van der Waals surface area contributed by atoms with E-state index in [1.54, 1.807) is 14.2 Å². The van der Waals surface area contributed by atoms with Crippen LogP contribution in [0, 0.1) is 6.92 Å². The summed E-state index contributed by atoms with van der Waals surface area (Å²) < 4.78 is 11.7. The van der Waals surface area contributed by atoms with Gasteiger partial charge in [0, 0.05) is 37.8 Å². The van der Waals surface area contributed by atoms with Crippen LogP contribution in [0.1, 0.15) is 5.69 Å². The number of nitrogens with one attached hydrogen (secondary N) is 2. The van der Waals surface area contributed by atoms with E-state index in [-0.39, 0.29) is 0 Å². The zero-order valence-electron chi connectivity index (χ0n) is 18.0. The SMILES string of the molecule is COc1ccc(-c2nc(-c3c(C)[nH]c4ccc(Br)cc34)[nH]c2-c2ccc(OC)cc2)cc1. The number of hydrogen-bond acceptors (Lipinski definition) is 3. The van der Waals surface area contributed by atoms with E-state index in [9.17, 15) is 0 Å². The maximum absolute atomic E-state index is 5.34. The molecule has 5 nitrogen and oxygen atoms in total. The highest BCUT2D eigenvalue weighted by Gasteiger charge is 2.19. The average molecular weight is 488 g/mol. The number of fused-ring (bicyclic) bond motifs is 1. The first-order chi connectivity index (χ1) is 15.6. The Morgan fingerprint density at radius 2 is 1.41 bits per heavy atom. The van der Waals surface area contributed by atoms with E-state index in [4.69, 9.17) is 14.5 Å². The number of aromatic nitrogens is 3. The second-order valence-electron chi connectivity index (χ2n) is 7.58. The van der Waals surface area contributed by atoms with Gasteiger partial charge >= 0.3 is 0 Å². The van der Waals surface area contributed by atoms with Crippen LogP contribution in [0.25, 0.3) is 44.8 Å². The van der Waals surface area contributed by atoms with Gasteiger partial charge in [0.05, 0.1) is 25.6 Å². The Balaban J connectivity index is 1.72. The standard InChI is InChI=1S/C26H22BrN3O2/c1-15-23(21-14-18(27)8-13-22(21)28-15)26-29-24(16-4-9-19(31-2)10-5-16)25(30-26)17-6-11-20(32-3)12-7-17/h4-14,28H,1-3H3,(H,29,30). The van der Waals surface area contributed by atoms with Crippen molar-refractivity contribution in [3.8, 4) is 45.4 Å².